The molecular formula is C17H17NO2. The van der Waals surface area contributed by atoms with Crippen molar-refractivity contribution in [3.63, 3.8) is 0 Å². The Balaban J connectivity index is 1.68. The normalized spacial score (nSPS) is 35.8. The second kappa shape index (κ2) is 4.05. The highest BCUT2D eigenvalue weighted by Gasteiger charge is 2.60. The van der Waals surface area contributed by atoms with Crippen LogP contribution in [0.3, 0.4) is 0 Å². The second-order valence-corrected chi connectivity index (χ2v) is 6.13. The molecule has 1 heterocycles. The number of allylic oxidation sites excluding steroid dienone is 2. The Kier molecular flexibility index (Phi) is 2.40. The molecule has 3 aliphatic rings. The molecule has 0 radical (unpaired) electrons. The molecule has 0 spiro atoms. The maximum absolute atomic E-state index is 12.7. The van der Waals surface area contributed by atoms with Crippen LogP contribution in [0.1, 0.15) is 24.9 Å². The summed E-state index contributed by atoms with van der Waals surface area (Å²) in [6.07, 6.45) is 5.25. The fourth-order valence-electron chi connectivity index (χ4n) is 4.19. The van der Waals surface area contributed by atoms with E-state index in [1.807, 2.05) is 37.3 Å². The standard InChI is InChI=1S/C17H17NO2/c1-10(11-5-3-2-4-6-11)18-16(19)14-12-7-8-13(9-12)15(14)17(18)20/h2-8,10,12-15H,9H2,1H3/t10-,12+,13+,14-,15+/m1/s1. The predicted octanol–water partition coefficient (Wildman–Crippen LogP) is 2.55. The third-order valence-electron chi connectivity index (χ3n) is 5.17. The number of amides is 2. The lowest BCUT2D eigenvalue weighted by Gasteiger charge is -2.24. The number of hydrogen-bond donors (Lipinski definition) is 0. The number of nitrogens with zero attached hydrogens (tertiary/aromatic N) is 1. The molecule has 1 aromatic rings. The summed E-state index contributed by atoms with van der Waals surface area (Å²) < 4.78 is 0. The number of imide groups is 1. The van der Waals surface area contributed by atoms with Crippen molar-refractivity contribution in [2.75, 3.05) is 0 Å². The van der Waals surface area contributed by atoms with Crippen LogP contribution in [-0.4, -0.2) is 16.7 Å². The summed E-state index contributed by atoms with van der Waals surface area (Å²) in [7, 11) is 0. The van der Waals surface area contributed by atoms with E-state index in [1.165, 1.54) is 4.90 Å². The van der Waals surface area contributed by atoms with Crippen molar-refractivity contribution in [3.05, 3.63) is 48.0 Å². The fraction of sp³-hybridized carbons (Fsp3) is 0.412. The fourth-order valence-corrected chi connectivity index (χ4v) is 4.19. The van der Waals surface area contributed by atoms with Crippen LogP contribution >= 0.6 is 0 Å². The van der Waals surface area contributed by atoms with E-state index in [1.54, 1.807) is 0 Å². The van der Waals surface area contributed by atoms with Gasteiger partial charge in [0.05, 0.1) is 17.9 Å². The average Bonchev–Trinajstić information content (AvgIpc) is 3.14. The quantitative estimate of drug-likeness (QED) is 0.610. The lowest BCUT2D eigenvalue weighted by Crippen LogP contribution is -2.35. The monoisotopic (exact) mass is 267 g/mol. The predicted molar refractivity (Wildman–Crippen MR) is 74.4 cm³/mol. The maximum atomic E-state index is 12.7. The van der Waals surface area contributed by atoms with Gasteiger partial charge in [-0.3, -0.25) is 14.5 Å². The van der Waals surface area contributed by atoms with Crippen LogP contribution in [-0.2, 0) is 9.59 Å². The summed E-state index contributed by atoms with van der Waals surface area (Å²) in [5.74, 6) is 0.456. The van der Waals surface area contributed by atoms with Crippen molar-refractivity contribution < 1.29 is 9.59 Å². The smallest absolute Gasteiger partial charge is 0.234 e. The zero-order valence-corrected chi connectivity index (χ0v) is 11.4. The molecule has 2 bridgehead atoms. The summed E-state index contributed by atoms with van der Waals surface area (Å²) in [6, 6.07) is 9.63. The van der Waals surface area contributed by atoms with Crippen LogP contribution in [0.25, 0.3) is 0 Å². The number of likely N-dealkylation sites (tertiary alicyclic amines) is 1. The lowest BCUT2D eigenvalue weighted by atomic mass is 9.85. The first kappa shape index (κ1) is 11.9. The molecule has 1 saturated carbocycles. The SMILES string of the molecule is C[C@H](c1ccccc1)N1C(=O)[C@@H]2[C@H](C1=O)[C@H]1C=C[C@H]2C1. The van der Waals surface area contributed by atoms with Crippen LogP contribution < -0.4 is 0 Å². The van der Waals surface area contributed by atoms with Gasteiger partial charge in [-0.1, -0.05) is 42.5 Å². The van der Waals surface area contributed by atoms with E-state index >= 15 is 0 Å². The summed E-state index contributed by atoms with van der Waals surface area (Å²) in [6.45, 7) is 1.95. The van der Waals surface area contributed by atoms with Crippen molar-refractivity contribution in [2.45, 2.75) is 19.4 Å². The number of carbonyl (C=O) groups excluding carboxylic acids is 2. The molecule has 1 saturated heterocycles. The van der Waals surface area contributed by atoms with Crippen molar-refractivity contribution in [1.29, 1.82) is 0 Å². The zero-order valence-electron chi connectivity index (χ0n) is 11.4. The van der Waals surface area contributed by atoms with E-state index in [9.17, 15) is 9.59 Å². The molecule has 2 aliphatic carbocycles. The molecule has 0 aromatic heterocycles. The van der Waals surface area contributed by atoms with Crippen molar-refractivity contribution in [3.8, 4) is 0 Å². The van der Waals surface area contributed by atoms with Gasteiger partial charge in [0.2, 0.25) is 11.8 Å². The van der Waals surface area contributed by atoms with Crippen LogP contribution in [0.2, 0.25) is 0 Å². The number of hydrogen-bond acceptors (Lipinski definition) is 2. The minimum Gasteiger partial charge on any atom is -0.275 e. The van der Waals surface area contributed by atoms with Gasteiger partial charge in [-0.05, 0) is 30.7 Å². The molecule has 0 N–H and O–H groups in total. The van der Waals surface area contributed by atoms with Gasteiger partial charge in [0.25, 0.3) is 0 Å². The Hall–Kier alpha value is -1.90. The van der Waals surface area contributed by atoms with E-state index in [0.29, 0.717) is 0 Å². The minimum atomic E-state index is -0.166. The molecule has 2 fully saturated rings. The first-order valence-electron chi connectivity index (χ1n) is 7.28. The van der Waals surface area contributed by atoms with Gasteiger partial charge < -0.3 is 0 Å². The maximum Gasteiger partial charge on any atom is 0.234 e. The first-order valence-corrected chi connectivity index (χ1v) is 7.28. The number of benzene rings is 1. The molecular weight excluding hydrogens is 250 g/mol. The Bertz CT molecular complexity index is 577. The molecule has 1 aliphatic heterocycles. The summed E-state index contributed by atoms with van der Waals surface area (Å²) in [5, 5.41) is 0. The molecule has 102 valence electrons. The van der Waals surface area contributed by atoms with Gasteiger partial charge in [-0.25, -0.2) is 0 Å². The van der Waals surface area contributed by atoms with Crippen LogP contribution in [0.4, 0.5) is 0 Å². The number of fused-ring (bicyclic) bond motifs is 5. The van der Waals surface area contributed by atoms with Gasteiger partial charge in [-0.15, -0.1) is 0 Å². The highest BCUT2D eigenvalue weighted by Crippen LogP contribution is 2.53. The first-order chi connectivity index (χ1) is 9.68. The van der Waals surface area contributed by atoms with Gasteiger partial charge in [0.1, 0.15) is 0 Å². The summed E-state index contributed by atoms with van der Waals surface area (Å²) in [5.41, 5.74) is 1.02. The second-order valence-electron chi connectivity index (χ2n) is 6.13. The van der Waals surface area contributed by atoms with Crippen molar-refractivity contribution in [1.82, 2.24) is 4.90 Å². The molecule has 0 unspecified atom stereocenters. The van der Waals surface area contributed by atoms with Crippen molar-refractivity contribution >= 4 is 11.8 Å². The van der Waals surface area contributed by atoms with Gasteiger partial charge in [0.15, 0.2) is 0 Å². The highest BCUT2D eigenvalue weighted by molar-refractivity contribution is 6.06. The van der Waals surface area contributed by atoms with Gasteiger partial charge >= 0.3 is 0 Å². The molecule has 2 amide bonds. The third kappa shape index (κ3) is 1.41. The number of carbonyl (C=O) groups is 2. The topological polar surface area (TPSA) is 37.4 Å². The Morgan fingerprint density at radius 2 is 1.55 bits per heavy atom. The molecule has 3 heteroatoms. The third-order valence-corrected chi connectivity index (χ3v) is 5.17. The molecule has 20 heavy (non-hydrogen) atoms. The average molecular weight is 267 g/mol. The Morgan fingerprint density at radius 3 is 2.10 bits per heavy atom. The summed E-state index contributed by atoms with van der Waals surface area (Å²) in [4.78, 5) is 26.9. The van der Waals surface area contributed by atoms with Crippen LogP contribution in [0.5, 0.6) is 0 Å². The molecule has 1 aromatic carbocycles. The van der Waals surface area contributed by atoms with E-state index in [-0.39, 0.29) is 41.5 Å². The van der Waals surface area contributed by atoms with E-state index < -0.39 is 0 Å². The van der Waals surface area contributed by atoms with Crippen LogP contribution in [0.15, 0.2) is 42.5 Å². The Morgan fingerprint density at radius 1 is 1.00 bits per heavy atom. The minimum absolute atomic E-state index is 0.0354. The van der Waals surface area contributed by atoms with E-state index in [2.05, 4.69) is 12.2 Å². The van der Waals surface area contributed by atoms with Crippen molar-refractivity contribution in [2.24, 2.45) is 23.7 Å². The van der Waals surface area contributed by atoms with Gasteiger partial charge in [0, 0.05) is 0 Å². The molecule has 4 rings (SSSR count). The van der Waals surface area contributed by atoms with E-state index in [4.69, 9.17) is 0 Å². The summed E-state index contributed by atoms with van der Waals surface area (Å²) >= 11 is 0. The lowest BCUT2D eigenvalue weighted by molar-refractivity contribution is -0.143. The number of rotatable bonds is 2. The molecule has 5 atom stereocenters. The Labute approximate surface area is 118 Å². The van der Waals surface area contributed by atoms with E-state index in [0.717, 1.165) is 12.0 Å². The molecule has 3 nitrogen and oxygen atoms in total. The largest absolute Gasteiger partial charge is 0.275 e. The van der Waals surface area contributed by atoms with Crippen LogP contribution in [0, 0.1) is 23.7 Å². The van der Waals surface area contributed by atoms with Gasteiger partial charge in [-0.2, -0.15) is 0 Å². The highest BCUT2D eigenvalue weighted by atomic mass is 16.2. The zero-order chi connectivity index (χ0) is 13.9.